The molecule has 0 aromatic heterocycles. The molecule has 0 fully saturated rings. The van der Waals surface area contributed by atoms with Crippen molar-refractivity contribution in [1.29, 1.82) is 0 Å². The Hall–Kier alpha value is -2.04. The van der Waals surface area contributed by atoms with Gasteiger partial charge in [0.15, 0.2) is 6.61 Å². The van der Waals surface area contributed by atoms with Crippen molar-refractivity contribution in [3.8, 4) is 5.75 Å². The van der Waals surface area contributed by atoms with Crippen LogP contribution >= 0.6 is 0 Å². The molecule has 5 nitrogen and oxygen atoms in total. The Balaban J connectivity index is 2.45. The van der Waals surface area contributed by atoms with Crippen LogP contribution in [0.5, 0.6) is 5.75 Å². The van der Waals surface area contributed by atoms with E-state index in [0.29, 0.717) is 25.3 Å². The zero-order valence-electron chi connectivity index (χ0n) is 12.0. The Morgan fingerprint density at radius 3 is 2.25 bits per heavy atom. The maximum Gasteiger partial charge on any atom is 0.303 e. The molecule has 0 saturated carbocycles. The van der Waals surface area contributed by atoms with Gasteiger partial charge in [-0.05, 0) is 38.0 Å². The molecule has 0 heterocycles. The minimum Gasteiger partial charge on any atom is -0.484 e. The second-order valence-electron chi connectivity index (χ2n) is 4.39. The number of hydrogen-bond donors (Lipinski definition) is 1. The second-order valence-corrected chi connectivity index (χ2v) is 4.39. The van der Waals surface area contributed by atoms with Crippen molar-refractivity contribution in [1.82, 2.24) is 4.90 Å². The third kappa shape index (κ3) is 5.30. The SMILES string of the molecule is CCN(CC)C(=O)COc1ccc(CCC(=O)O)cc1. The van der Waals surface area contributed by atoms with E-state index in [4.69, 9.17) is 9.84 Å². The highest BCUT2D eigenvalue weighted by molar-refractivity contribution is 5.77. The van der Waals surface area contributed by atoms with Crippen LogP contribution in [0.3, 0.4) is 0 Å². The van der Waals surface area contributed by atoms with Gasteiger partial charge in [-0.15, -0.1) is 0 Å². The average molecular weight is 279 g/mol. The highest BCUT2D eigenvalue weighted by atomic mass is 16.5. The fourth-order valence-electron chi connectivity index (χ4n) is 1.82. The first-order valence-corrected chi connectivity index (χ1v) is 6.78. The number of aliphatic carboxylic acids is 1. The summed E-state index contributed by atoms with van der Waals surface area (Å²) in [5.41, 5.74) is 0.940. The number of ether oxygens (including phenoxy) is 1. The highest BCUT2D eigenvalue weighted by Crippen LogP contribution is 2.13. The number of carboxylic acid groups (broad SMARTS) is 1. The zero-order valence-corrected chi connectivity index (χ0v) is 12.0. The Bertz CT molecular complexity index is 438. The van der Waals surface area contributed by atoms with Gasteiger partial charge in [0.25, 0.3) is 5.91 Å². The molecule has 0 atom stereocenters. The molecule has 0 aliphatic heterocycles. The van der Waals surface area contributed by atoms with E-state index in [9.17, 15) is 9.59 Å². The molecule has 1 aromatic rings. The number of carbonyl (C=O) groups is 2. The molecule has 0 saturated heterocycles. The van der Waals surface area contributed by atoms with E-state index < -0.39 is 5.97 Å². The zero-order chi connectivity index (χ0) is 15.0. The number of hydrogen-bond acceptors (Lipinski definition) is 3. The summed E-state index contributed by atoms with van der Waals surface area (Å²) >= 11 is 0. The number of aryl methyl sites for hydroxylation is 1. The summed E-state index contributed by atoms with van der Waals surface area (Å²) in [6.45, 7) is 5.23. The van der Waals surface area contributed by atoms with E-state index in [-0.39, 0.29) is 18.9 Å². The minimum atomic E-state index is -0.810. The van der Waals surface area contributed by atoms with Crippen molar-refractivity contribution < 1.29 is 19.4 Å². The molecule has 0 spiro atoms. The lowest BCUT2D eigenvalue weighted by Gasteiger charge is -2.18. The summed E-state index contributed by atoms with van der Waals surface area (Å²) in [6.07, 6.45) is 0.606. The van der Waals surface area contributed by atoms with Crippen LogP contribution in [0.1, 0.15) is 25.8 Å². The van der Waals surface area contributed by atoms with Crippen LogP contribution in [-0.2, 0) is 16.0 Å². The van der Waals surface area contributed by atoms with Gasteiger partial charge in [-0.25, -0.2) is 0 Å². The summed E-state index contributed by atoms with van der Waals surface area (Å²) in [6, 6.07) is 7.15. The number of carbonyl (C=O) groups excluding carboxylic acids is 1. The lowest BCUT2D eigenvalue weighted by molar-refractivity contribution is -0.137. The van der Waals surface area contributed by atoms with Crippen LogP contribution in [0.4, 0.5) is 0 Å². The van der Waals surface area contributed by atoms with Gasteiger partial charge in [-0.2, -0.15) is 0 Å². The van der Waals surface area contributed by atoms with Crippen LogP contribution in [0.25, 0.3) is 0 Å². The van der Waals surface area contributed by atoms with Gasteiger partial charge in [0.05, 0.1) is 0 Å². The normalized spacial score (nSPS) is 10.1. The molecule has 0 unspecified atom stereocenters. The fraction of sp³-hybridized carbons (Fsp3) is 0.467. The lowest BCUT2D eigenvalue weighted by atomic mass is 10.1. The third-order valence-electron chi connectivity index (χ3n) is 3.03. The maximum absolute atomic E-state index is 11.8. The Morgan fingerprint density at radius 2 is 1.75 bits per heavy atom. The predicted molar refractivity (Wildman–Crippen MR) is 75.8 cm³/mol. The number of amides is 1. The summed E-state index contributed by atoms with van der Waals surface area (Å²) in [5, 5.41) is 8.61. The predicted octanol–water partition coefficient (Wildman–Crippen LogP) is 1.95. The summed E-state index contributed by atoms with van der Waals surface area (Å²) in [7, 11) is 0. The smallest absolute Gasteiger partial charge is 0.303 e. The Kier molecular flexibility index (Phi) is 6.56. The maximum atomic E-state index is 11.8. The average Bonchev–Trinajstić information content (AvgIpc) is 2.45. The van der Waals surface area contributed by atoms with Crippen molar-refractivity contribution in [2.75, 3.05) is 19.7 Å². The number of likely N-dealkylation sites (N-methyl/N-ethyl adjacent to an activating group) is 1. The van der Waals surface area contributed by atoms with E-state index >= 15 is 0 Å². The third-order valence-corrected chi connectivity index (χ3v) is 3.03. The molecular weight excluding hydrogens is 258 g/mol. The molecule has 0 aliphatic rings. The van der Waals surface area contributed by atoms with Crippen molar-refractivity contribution in [2.45, 2.75) is 26.7 Å². The van der Waals surface area contributed by atoms with Crippen LogP contribution in [0.15, 0.2) is 24.3 Å². The Labute approximate surface area is 119 Å². The summed E-state index contributed by atoms with van der Waals surface area (Å²) in [4.78, 5) is 23.9. The van der Waals surface area contributed by atoms with E-state index in [1.807, 2.05) is 26.0 Å². The summed E-state index contributed by atoms with van der Waals surface area (Å²) in [5.74, 6) is -0.232. The van der Waals surface area contributed by atoms with E-state index in [1.165, 1.54) is 0 Å². The van der Waals surface area contributed by atoms with Crippen LogP contribution in [-0.4, -0.2) is 41.6 Å². The van der Waals surface area contributed by atoms with Gasteiger partial charge in [-0.1, -0.05) is 12.1 Å². The molecule has 1 rings (SSSR count). The first-order chi connectivity index (χ1) is 9.56. The molecule has 1 amide bonds. The minimum absolute atomic E-state index is 0.0240. The number of rotatable bonds is 8. The molecule has 1 aromatic carbocycles. The first kappa shape index (κ1) is 16.0. The quantitative estimate of drug-likeness (QED) is 0.790. The molecule has 0 radical (unpaired) electrons. The van der Waals surface area contributed by atoms with Crippen LogP contribution in [0, 0.1) is 0 Å². The van der Waals surface area contributed by atoms with E-state index in [1.54, 1.807) is 17.0 Å². The fourth-order valence-corrected chi connectivity index (χ4v) is 1.82. The van der Waals surface area contributed by atoms with E-state index in [2.05, 4.69) is 0 Å². The highest BCUT2D eigenvalue weighted by Gasteiger charge is 2.10. The molecule has 20 heavy (non-hydrogen) atoms. The largest absolute Gasteiger partial charge is 0.484 e. The van der Waals surface area contributed by atoms with Gasteiger partial charge in [-0.3, -0.25) is 9.59 Å². The first-order valence-electron chi connectivity index (χ1n) is 6.78. The second kappa shape index (κ2) is 8.19. The van der Waals surface area contributed by atoms with Crippen LogP contribution in [0.2, 0.25) is 0 Å². The molecule has 5 heteroatoms. The van der Waals surface area contributed by atoms with Crippen molar-refractivity contribution >= 4 is 11.9 Å². The molecular formula is C15H21NO4. The topological polar surface area (TPSA) is 66.8 Å². The van der Waals surface area contributed by atoms with Gasteiger partial charge in [0.1, 0.15) is 5.75 Å². The molecule has 0 bridgehead atoms. The number of benzene rings is 1. The Morgan fingerprint density at radius 1 is 1.15 bits per heavy atom. The lowest BCUT2D eigenvalue weighted by Crippen LogP contribution is -2.34. The van der Waals surface area contributed by atoms with Gasteiger partial charge < -0.3 is 14.7 Å². The van der Waals surface area contributed by atoms with Gasteiger partial charge in [0.2, 0.25) is 0 Å². The molecule has 1 N–H and O–H groups in total. The molecule has 110 valence electrons. The van der Waals surface area contributed by atoms with Gasteiger partial charge in [0, 0.05) is 19.5 Å². The number of carboxylic acids is 1. The van der Waals surface area contributed by atoms with Crippen molar-refractivity contribution in [2.24, 2.45) is 0 Å². The van der Waals surface area contributed by atoms with Gasteiger partial charge >= 0.3 is 5.97 Å². The summed E-state index contributed by atoms with van der Waals surface area (Å²) < 4.78 is 5.43. The van der Waals surface area contributed by atoms with E-state index in [0.717, 1.165) is 5.56 Å². The number of nitrogens with zero attached hydrogens (tertiary/aromatic N) is 1. The van der Waals surface area contributed by atoms with Crippen molar-refractivity contribution in [3.63, 3.8) is 0 Å². The molecule has 0 aliphatic carbocycles. The van der Waals surface area contributed by atoms with Crippen LogP contribution < -0.4 is 4.74 Å². The standard InChI is InChI=1S/C15H21NO4/c1-3-16(4-2)14(17)11-20-13-8-5-12(6-9-13)7-10-15(18)19/h5-6,8-9H,3-4,7,10-11H2,1-2H3,(H,18,19). The monoisotopic (exact) mass is 279 g/mol. The van der Waals surface area contributed by atoms with Crippen molar-refractivity contribution in [3.05, 3.63) is 29.8 Å².